The van der Waals surface area contributed by atoms with Gasteiger partial charge in [0.25, 0.3) is 5.91 Å². The molecule has 1 aromatic carbocycles. The van der Waals surface area contributed by atoms with Crippen molar-refractivity contribution in [2.45, 2.75) is 6.42 Å². The molecular weight excluding hydrogens is 280 g/mol. The van der Waals surface area contributed by atoms with Crippen LogP contribution in [0.3, 0.4) is 0 Å². The average Bonchev–Trinajstić information content (AvgIpc) is 2.38. The fraction of sp³-hybridized carbons (Fsp3) is 0.231. The predicted molar refractivity (Wildman–Crippen MR) is 72.5 cm³/mol. The summed E-state index contributed by atoms with van der Waals surface area (Å²) in [6, 6.07) is 9.35. The minimum atomic E-state index is -0.0375. The summed E-state index contributed by atoms with van der Waals surface area (Å²) in [6.07, 6.45) is 2.66. The Morgan fingerprint density at radius 1 is 1.29 bits per heavy atom. The number of hydrogen-bond donors (Lipinski definition) is 1. The van der Waals surface area contributed by atoms with Gasteiger partial charge in [0.05, 0.1) is 5.52 Å². The number of benzene rings is 1. The smallest absolute Gasteiger partial charge is 0.251 e. The molecule has 1 amide bonds. The Hall–Kier alpha value is -1.42. The molecule has 1 aromatic heterocycles. The molecule has 0 fully saturated rings. The van der Waals surface area contributed by atoms with Gasteiger partial charge in [-0.1, -0.05) is 28.1 Å². The predicted octanol–water partition coefficient (Wildman–Crippen LogP) is 2.75. The lowest BCUT2D eigenvalue weighted by atomic mass is 10.1. The fourth-order valence-electron chi connectivity index (χ4n) is 1.67. The van der Waals surface area contributed by atoms with Gasteiger partial charge in [0.1, 0.15) is 0 Å². The van der Waals surface area contributed by atoms with Gasteiger partial charge in [-0.15, -0.1) is 0 Å². The molecule has 17 heavy (non-hydrogen) atoms. The van der Waals surface area contributed by atoms with Gasteiger partial charge < -0.3 is 5.32 Å². The zero-order valence-corrected chi connectivity index (χ0v) is 10.9. The molecule has 2 aromatic rings. The van der Waals surface area contributed by atoms with Crippen LogP contribution in [0.5, 0.6) is 0 Å². The molecule has 0 saturated carbocycles. The van der Waals surface area contributed by atoms with E-state index in [1.165, 1.54) is 0 Å². The van der Waals surface area contributed by atoms with Crippen molar-refractivity contribution in [3.63, 3.8) is 0 Å². The van der Waals surface area contributed by atoms with E-state index in [9.17, 15) is 4.79 Å². The Labute approximate surface area is 108 Å². The number of halogens is 1. The van der Waals surface area contributed by atoms with E-state index < -0.39 is 0 Å². The van der Waals surface area contributed by atoms with E-state index in [-0.39, 0.29) is 5.91 Å². The molecule has 1 N–H and O–H groups in total. The summed E-state index contributed by atoms with van der Waals surface area (Å²) in [5.74, 6) is -0.0375. The zero-order valence-electron chi connectivity index (χ0n) is 9.32. The third-order valence-corrected chi connectivity index (χ3v) is 3.05. The summed E-state index contributed by atoms with van der Waals surface area (Å²) >= 11 is 3.33. The lowest BCUT2D eigenvalue weighted by Gasteiger charge is -2.06. The van der Waals surface area contributed by atoms with Gasteiger partial charge in [0, 0.05) is 29.0 Å². The summed E-state index contributed by atoms with van der Waals surface area (Å²) in [5, 5.41) is 4.68. The van der Waals surface area contributed by atoms with Crippen molar-refractivity contribution in [3.05, 3.63) is 42.1 Å². The summed E-state index contributed by atoms with van der Waals surface area (Å²) in [6.45, 7) is 0.681. The van der Waals surface area contributed by atoms with Gasteiger partial charge in [-0.25, -0.2) is 0 Å². The van der Waals surface area contributed by atoms with Crippen LogP contribution in [0.1, 0.15) is 16.8 Å². The number of pyridine rings is 1. The van der Waals surface area contributed by atoms with Gasteiger partial charge in [0.2, 0.25) is 0 Å². The Morgan fingerprint density at radius 3 is 3.00 bits per heavy atom. The molecule has 4 heteroatoms. The first-order valence-electron chi connectivity index (χ1n) is 5.51. The number of hydrogen-bond acceptors (Lipinski definition) is 2. The minimum Gasteiger partial charge on any atom is -0.352 e. The largest absolute Gasteiger partial charge is 0.352 e. The third-order valence-electron chi connectivity index (χ3n) is 2.49. The van der Waals surface area contributed by atoms with Crippen LogP contribution in [0.25, 0.3) is 10.9 Å². The second kappa shape index (κ2) is 5.77. The van der Waals surface area contributed by atoms with E-state index in [0.29, 0.717) is 12.1 Å². The number of carbonyl (C=O) groups is 1. The Balaban J connectivity index is 2.26. The molecule has 0 bridgehead atoms. The van der Waals surface area contributed by atoms with E-state index in [1.807, 2.05) is 30.3 Å². The van der Waals surface area contributed by atoms with Crippen LogP contribution < -0.4 is 5.32 Å². The highest BCUT2D eigenvalue weighted by Gasteiger charge is 2.08. The first kappa shape index (κ1) is 12.0. The summed E-state index contributed by atoms with van der Waals surface area (Å²) in [5.41, 5.74) is 1.53. The van der Waals surface area contributed by atoms with E-state index >= 15 is 0 Å². The van der Waals surface area contributed by atoms with Crippen LogP contribution in [0.4, 0.5) is 0 Å². The topological polar surface area (TPSA) is 42.0 Å². The third kappa shape index (κ3) is 2.82. The number of nitrogens with one attached hydrogen (secondary N) is 1. The molecule has 0 saturated heterocycles. The Kier molecular flexibility index (Phi) is 4.09. The molecule has 88 valence electrons. The normalized spacial score (nSPS) is 10.4. The fourth-order valence-corrected chi connectivity index (χ4v) is 1.95. The molecule has 0 aliphatic carbocycles. The monoisotopic (exact) mass is 292 g/mol. The Bertz CT molecular complexity index is 522. The van der Waals surface area contributed by atoms with Crippen molar-refractivity contribution in [2.75, 3.05) is 11.9 Å². The second-order valence-electron chi connectivity index (χ2n) is 3.67. The number of rotatable bonds is 4. The number of aromatic nitrogens is 1. The molecule has 0 aliphatic heterocycles. The van der Waals surface area contributed by atoms with Crippen LogP contribution in [0.15, 0.2) is 36.5 Å². The molecule has 0 unspecified atom stereocenters. The van der Waals surface area contributed by atoms with E-state index in [0.717, 1.165) is 22.7 Å². The van der Waals surface area contributed by atoms with Gasteiger partial charge in [-0.2, -0.15) is 0 Å². The molecular formula is C13H13BrN2O. The average molecular weight is 293 g/mol. The van der Waals surface area contributed by atoms with Gasteiger partial charge in [-0.3, -0.25) is 9.78 Å². The van der Waals surface area contributed by atoms with Crippen molar-refractivity contribution >= 4 is 32.7 Å². The van der Waals surface area contributed by atoms with Crippen molar-refractivity contribution in [1.82, 2.24) is 10.3 Å². The minimum absolute atomic E-state index is 0.0375. The highest BCUT2D eigenvalue weighted by atomic mass is 79.9. The van der Waals surface area contributed by atoms with Gasteiger partial charge >= 0.3 is 0 Å². The van der Waals surface area contributed by atoms with E-state index in [2.05, 4.69) is 26.2 Å². The zero-order chi connectivity index (χ0) is 12.1. The number of fused-ring (bicyclic) bond motifs is 1. The number of alkyl halides is 1. The van der Waals surface area contributed by atoms with Crippen LogP contribution in [-0.2, 0) is 0 Å². The first-order valence-corrected chi connectivity index (χ1v) is 6.63. The Morgan fingerprint density at radius 2 is 2.18 bits per heavy atom. The molecule has 0 atom stereocenters. The summed E-state index contributed by atoms with van der Waals surface area (Å²) in [4.78, 5) is 16.2. The van der Waals surface area contributed by atoms with E-state index in [1.54, 1.807) is 6.20 Å². The molecule has 3 nitrogen and oxygen atoms in total. The van der Waals surface area contributed by atoms with Crippen LogP contribution in [0.2, 0.25) is 0 Å². The van der Waals surface area contributed by atoms with Gasteiger partial charge in [0.15, 0.2) is 0 Å². The standard InChI is InChI=1S/C13H13BrN2O/c14-7-3-9-16-13(17)11-4-1-6-12-10(11)5-2-8-15-12/h1-2,4-6,8H,3,7,9H2,(H,16,17). The first-order chi connectivity index (χ1) is 8.33. The molecule has 0 spiro atoms. The lowest BCUT2D eigenvalue weighted by Crippen LogP contribution is -2.24. The molecule has 0 aliphatic rings. The van der Waals surface area contributed by atoms with Crippen molar-refractivity contribution in [2.24, 2.45) is 0 Å². The van der Waals surface area contributed by atoms with Crippen LogP contribution in [0, 0.1) is 0 Å². The van der Waals surface area contributed by atoms with Crippen LogP contribution >= 0.6 is 15.9 Å². The highest BCUT2D eigenvalue weighted by molar-refractivity contribution is 9.09. The number of nitrogens with zero attached hydrogens (tertiary/aromatic N) is 1. The highest BCUT2D eigenvalue weighted by Crippen LogP contribution is 2.16. The van der Waals surface area contributed by atoms with Crippen LogP contribution in [-0.4, -0.2) is 22.8 Å². The van der Waals surface area contributed by atoms with Gasteiger partial charge in [-0.05, 0) is 24.6 Å². The maximum Gasteiger partial charge on any atom is 0.251 e. The molecule has 2 rings (SSSR count). The molecule has 0 radical (unpaired) electrons. The number of carbonyl (C=O) groups excluding carboxylic acids is 1. The van der Waals surface area contributed by atoms with Crippen molar-refractivity contribution in [1.29, 1.82) is 0 Å². The maximum absolute atomic E-state index is 12.0. The lowest BCUT2D eigenvalue weighted by molar-refractivity contribution is 0.0955. The second-order valence-corrected chi connectivity index (χ2v) is 4.47. The maximum atomic E-state index is 12.0. The van der Waals surface area contributed by atoms with Crippen molar-refractivity contribution < 1.29 is 4.79 Å². The SMILES string of the molecule is O=C(NCCCBr)c1cccc2ncccc12. The summed E-state index contributed by atoms with van der Waals surface area (Å²) < 4.78 is 0. The number of amides is 1. The van der Waals surface area contributed by atoms with Crippen molar-refractivity contribution in [3.8, 4) is 0 Å². The quantitative estimate of drug-likeness (QED) is 0.695. The van der Waals surface area contributed by atoms with E-state index in [4.69, 9.17) is 0 Å². The molecule has 1 heterocycles. The summed E-state index contributed by atoms with van der Waals surface area (Å²) in [7, 11) is 0.